The fourth-order valence-electron chi connectivity index (χ4n) is 4.34. The molecular formula is C28H25ClF3NO5. The number of rotatable bonds is 6. The maximum Gasteiger partial charge on any atom is 0.573 e. The van der Waals surface area contributed by atoms with E-state index in [1.54, 1.807) is 20.8 Å². The maximum absolute atomic E-state index is 13.0. The first-order valence-electron chi connectivity index (χ1n) is 11.7. The molecule has 200 valence electrons. The van der Waals surface area contributed by atoms with Crippen molar-refractivity contribution in [3.63, 3.8) is 0 Å². The molecule has 3 aromatic rings. The minimum atomic E-state index is -4.98. The molecule has 0 saturated heterocycles. The summed E-state index contributed by atoms with van der Waals surface area (Å²) in [6.07, 6.45) is -5.94. The summed E-state index contributed by atoms with van der Waals surface area (Å²) in [4.78, 5) is 25.9. The molecule has 3 aromatic carbocycles. The second kappa shape index (κ2) is 10.6. The lowest BCUT2D eigenvalue weighted by molar-refractivity contribution is -0.274. The van der Waals surface area contributed by atoms with Crippen LogP contribution in [0.5, 0.6) is 5.75 Å². The lowest BCUT2D eigenvalue weighted by Gasteiger charge is -2.25. The molecule has 1 aliphatic carbocycles. The second-order valence-electron chi connectivity index (χ2n) is 9.70. The SMILES string of the molecule is CC(C)(C)OC(=O)C(NC(=O)OCC1c2ccccc2-c2ccccc21)c1cc(Cl)cc(OC(F)(F)F)c1. The number of carbonyl (C=O) groups excluding carboxylic acids is 2. The summed E-state index contributed by atoms with van der Waals surface area (Å²) < 4.78 is 53.3. The standard InChI is InChI=1S/C28H25ClF3NO5/c1-27(2,3)38-25(34)24(16-12-17(29)14-18(13-16)37-28(30,31)32)33-26(35)36-15-23-21-10-6-4-8-19(21)20-9-5-7-11-22(20)23/h4-14,23-24H,15H2,1-3H3,(H,33,35). The highest BCUT2D eigenvalue weighted by Gasteiger charge is 2.34. The molecule has 0 radical (unpaired) electrons. The normalized spacial score (nSPS) is 13.8. The monoisotopic (exact) mass is 547 g/mol. The summed E-state index contributed by atoms with van der Waals surface area (Å²) >= 11 is 6.00. The van der Waals surface area contributed by atoms with E-state index < -0.39 is 35.8 Å². The molecule has 0 heterocycles. The summed E-state index contributed by atoms with van der Waals surface area (Å²) in [6.45, 7) is 4.82. The van der Waals surface area contributed by atoms with Crippen molar-refractivity contribution >= 4 is 23.7 Å². The zero-order valence-electron chi connectivity index (χ0n) is 20.8. The molecule has 1 unspecified atom stereocenters. The number of hydrogen-bond donors (Lipinski definition) is 1. The molecule has 4 rings (SSSR count). The van der Waals surface area contributed by atoms with Crippen LogP contribution in [0.4, 0.5) is 18.0 Å². The summed E-state index contributed by atoms with van der Waals surface area (Å²) in [6, 6.07) is 17.2. The Bertz CT molecular complexity index is 1310. The van der Waals surface area contributed by atoms with Gasteiger partial charge in [-0.1, -0.05) is 60.1 Å². The van der Waals surface area contributed by atoms with Crippen LogP contribution in [0, 0.1) is 0 Å². The highest BCUT2D eigenvalue weighted by Crippen LogP contribution is 2.44. The minimum absolute atomic E-state index is 0.0289. The number of fused-ring (bicyclic) bond motifs is 3. The third-order valence-corrected chi connectivity index (χ3v) is 5.93. The number of halogens is 4. The van der Waals surface area contributed by atoms with Crippen LogP contribution in [0.3, 0.4) is 0 Å². The zero-order valence-corrected chi connectivity index (χ0v) is 21.5. The number of benzene rings is 3. The first-order chi connectivity index (χ1) is 17.8. The number of carbonyl (C=O) groups is 2. The van der Waals surface area contributed by atoms with Gasteiger partial charge in [-0.05, 0) is 66.8 Å². The molecule has 0 aromatic heterocycles. The molecule has 0 bridgehead atoms. The van der Waals surface area contributed by atoms with Crippen LogP contribution in [0.1, 0.15) is 49.4 Å². The largest absolute Gasteiger partial charge is 0.573 e. The number of alkyl carbamates (subject to hydrolysis) is 1. The smallest absolute Gasteiger partial charge is 0.458 e. The average molecular weight is 548 g/mol. The van der Waals surface area contributed by atoms with Crippen molar-refractivity contribution in [2.24, 2.45) is 0 Å². The van der Waals surface area contributed by atoms with Crippen molar-refractivity contribution < 1.29 is 37.0 Å². The summed E-state index contributed by atoms with van der Waals surface area (Å²) in [5.74, 6) is -1.79. The van der Waals surface area contributed by atoms with Gasteiger partial charge < -0.3 is 19.5 Å². The van der Waals surface area contributed by atoms with Crippen LogP contribution < -0.4 is 10.1 Å². The molecule has 1 aliphatic rings. The van der Waals surface area contributed by atoms with Crippen LogP contribution in [-0.4, -0.2) is 30.6 Å². The van der Waals surface area contributed by atoms with Crippen molar-refractivity contribution in [1.82, 2.24) is 5.32 Å². The van der Waals surface area contributed by atoms with Crippen molar-refractivity contribution in [2.75, 3.05) is 6.61 Å². The third-order valence-electron chi connectivity index (χ3n) is 5.71. The minimum Gasteiger partial charge on any atom is -0.458 e. The predicted octanol–water partition coefficient (Wildman–Crippen LogP) is 7.16. The molecule has 0 aliphatic heterocycles. The van der Waals surface area contributed by atoms with E-state index in [9.17, 15) is 22.8 Å². The highest BCUT2D eigenvalue weighted by molar-refractivity contribution is 6.30. The molecule has 0 fully saturated rings. The Balaban J connectivity index is 1.56. The van der Waals surface area contributed by atoms with E-state index >= 15 is 0 Å². The van der Waals surface area contributed by atoms with Crippen LogP contribution in [0.25, 0.3) is 11.1 Å². The zero-order chi connectivity index (χ0) is 27.7. The number of amides is 1. The van der Waals surface area contributed by atoms with Gasteiger partial charge >= 0.3 is 18.4 Å². The number of esters is 1. The quantitative estimate of drug-likeness (QED) is 0.331. The van der Waals surface area contributed by atoms with Gasteiger partial charge in [0.25, 0.3) is 0 Å². The van der Waals surface area contributed by atoms with Gasteiger partial charge in [0.1, 0.15) is 18.0 Å². The topological polar surface area (TPSA) is 73.9 Å². The number of nitrogens with one attached hydrogen (secondary N) is 1. The van der Waals surface area contributed by atoms with Crippen LogP contribution in [-0.2, 0) is 14.3 Å². The van der Waals surface area contributed by atoms with Crippen molar-refractivity contribution in [3.8, 4) is 16.9 Å². The highest BCUT2D eigenvalue weighted by atomic mass is 35.5. The van der Waals surface area contributed by atoms with Gasteiger partial charge in [-0.3, -0.25) is 0 Å². The van der Waals surface area contributed by atoms with Crippen LogP contribution in [0.15, 0.2) is 66.7 Å². The lowest BCUT2D eigenvalue weighted by atomic mass is 9.98. The Morgan fingerprint density at radius 3 is 2.08 bits per heavy atom. The average Bonchev–Trinajstić information content (AvgIpc) is 3.12. The van der Waals surface area contributed by atoms with E-state index in [2.05, 4.69) is 10.1 Å². The Morgan fingerprint density at radius 2 is 1.53 bits per heavy atom. The molecule has 0 saturated carbocycles. The van der Waals surface area contributed by atoms with E-state index in [0.717, 1.165) is 34.4 Å². The van der Waals surface area contributed by atoms with E-state index in [0.29, 0.717) is 0 Å². The van der Waals surface area contributed by atoms with Crippen molar-refractivity contribution in [2.45, 2.75) is 44.7 Å². The van der Waals surface area contributed by atoms with Crippen molar-refractivity contribution in [3.05, 3.63) is 88.4 Å². The molecule has 10 heteroatoms. The van der Waals surface area contributed by atoms with Crippen LogP contribution in [0.2, 0.25) is 5.02 Å². The van der Waals surface area contributed by atoms with E-state index in [1.807, 2.05) is 48.5 Å². The number of ether oxygens (including phenoxy) is 3. The molecule has 0 spiro atoms. The molecule has 6 nitrogen and oxygen atoms in total. The molecule has 1 amide bonds. The molecule has 1 atom stereocenters. The van der Waals surface area contributed by atoms with Gasteiger partial charge in [0, 0.05) is 10.9 Å². The van der Waals surface area contributed by atoms with Crippen LogP contribution >= 0.6 is 11.6 Å². The third kappa shape index (κ3) is 6.58. The molecular weight excluding hydrogens is 523 g/mol. The molecule has 38 heavy (non-hydrogen) atoms. The first-order valence-corrected chi connectivity index (χ1v) is 12.1. The Morgan fingerprint density at radius 1 is 0.947 bits per heavy atom. The first kappa shape index (κ1) is 27.3. The van der Waals surface area contributed by atoms with E-state index in [4.69, 9.17) is 21.1 Å². The molecule has 1 N–H and O–H groups in total. The Kier molecular flexibility index (Phi) is 7.60. The second-order valence-corrected chi connectivity index (χ2v) is 10.1. The van der Waals surface area contributed by atoms with Gasteiger partial charge in [0.15, 0.2) is 6.04 Å². The fraction of sp³-hybridized carbons (Fsp3) is 0.286. The summed E-state index contributed by atoms with van der Waals surface area (Å²) in [5, 5.41) is 2.28. The van der Waals surface area contributed by atoms with E-state index in [-0.39, 0.29) is 23.1 Å². The Hall–Kier alpha value is -3.72. The fourth-order valence-corrected chi connectivity index (χ4v) is 4.57. The van der Waals surface area contributed by atoms with Gasteiger partial charge in [-0.2, -0.15) is 0 Å². The summed E-state index contributed by atoms with van der Waals surface area (Å²) in [5.41, 5.74) is 3.06. The van der Waals surface area contributed by atoms with E-state index in [1.165, 1.54) is 6.07 Å². The predicted molar refractivity (Wildman–Crippen MR) is 135 cm³/mol. The maximum atomic E-state index is 13.0. The number of hydrogen-bond acceptors (Lipinski definition) is 5. The Labute approximate surface area is 222 Å². The van der Waals surface area contributed by atoms with Gasteiger partial charge in [0.2, 0.25) is 0 Å². The lowest BCUT2D eigenvalue weighted by Crippen LogP contribution is -2.38. The number of alkyl halides is 3. The van der Waals surface area contributed by atoms with Crippen molar-refractivity contribution in [1.29, 1.82) is 0 Å². The van der Waals surface area contributed by atoms with Gasteiger partial charge in [-0.25, -0.2) is 9.59 Å². The summed E-state index contributed by atoms with van der Waals surface area (Å²) in [7, 11) is 0. The van der Waals surface area contributed by atoms with Gasteiger partial charge in [0.05, 0.1) is 0 Å². The van der Waals surface area contributed by atoms with Gasteiger partial charge in [-0.15, -0.1) is 13.2 Å².